The molecule has 196 valence electrons. The SMILES string of the molecule is CC1CC2CC(C)(N(CC(=O)N3CCCC3)C(=O)OC(C)(C)C)C[C@@](OCCOCCO)(C1)C2. The number of fused-ring (bicyclic) bond motifs is 2. The Morgan fingerprint density at radius 2 is 1.79 bits per heavy atom. The fraction of sp³-hybridized carbons (Fsp3) is 0.923. The van der Waals surface area contributed by atoms with Crippen LogP contribution in [-0.4, -0.2) is 89.7 Å². The molecule has 0 aromatic rings. The van der Waals surface area contributed by atoms with E-state index < -0.39 is 17.2 Å². The highest BCUT2D eigenvalue weighted by atomic mass is 16.6. The first kappa shape index (κ1) is 27.2. The number of hydrogen-bond donors (Lipinski definition) is 1. The predicted octanol–water partition coefficient (Wildman–Crippen LogP) is 3.60. The summed E-state index contributed by atoms with van der Waals surface area (Å²) in [5.74, 6) is 0.969. The van der Waals surface area contributed by atoms with E-state index in [9.17, 15) is 9.59 Å². The van der Waals surface area contributed by atoms with Gasteiger partial charge in [-0.15, -0.1) is 0 Å². The highest BCUT2D eigenvalue weighted by Crippen LogP contribution is 2.52. The normalized spacial score (nSPS) is 31.4. The molecule has 0 spiro atoms. The number of ether oxygens (including phenoxy) is 3. The van der Waals surface area contributed by atoms with Crippen LogP contribution in [0.4, 0.5) is 4.79 Å². The van der Waals surface area contributed by atoms with Crippen LogP contribution < -0.4 is 0 Å². The van der Waals surface area contributed by atoms with Gasteiger partial charge in [-0.25, -0.2) is 4.79 Å². The lowest BCUT2D eigenvalue weighted by Crippen LogP contribution is -2.63. The van der Waals surface area contributed by atoms with Crippen molar-refractivity contribution in [2.45, 2.75) is 96.3 Å². The van der Waals surface area contributed by atoms with Crippen molar-refractivity contribution in [2.75, 3.05) is 46.1 Å². The molecule has 8 nitrogen and oxygen atoms in total. The summed E-state index contributed by atoms with van der Waals surface area (Å²) in [5, 5.41) is 8.96. The highest BCUT2D eigenvalue weighted by Gasteiger charge is 2.54. The fourth-order valence-electron chi connectivity index (χ4n) is 6.52. The molecule has 3 unspecified atom stereocenters. The van der Waals surface area contributed by atoms with E-state index in [0.29, 0.717) is 38.1 Å². The van der Waals surface area contributed by atoms with Crippen molar-refractivity contribution in [3.63, 3.8) is 0 Å². The third kappa shape index (κ3) is 7.08. The average molecular weight is 483 g/mol. The van der Waals surface area contributed by atoms with Gasteiger partial charge in [0, 0.05) is 18.6 Å². The van der Waals surface area contributed by atoms with E-state index >= 15 is 0 Å². The van der Waals surface area contributed by atoms with E-state index in [1.54, 1.807) is 4.90 Å². The number of aliphatic hydroxyl groups is 1. The Kier molecular flexibility index (Phi) is 8.90. The molecule has 0 aromatic heterocycles. The smallest absolute Gasteiger partial charge is 0.411 e. The molecular weight excluding hydrogens is 436 g/mol. The first-order valence-corrected chi connectivity index (χ1v) is 13.1. The topological polar surface area (TPSA) is 88.5 Å². The maximum atomic E-state index is 13.5. The molecule has 2 saturated carbocycles. The number of nitrogens with zero attached hydrogens (tertiary/aromatic N) is 2. The van der Waals surface area contributed by atoms with Gasteiger partial charge in [-0.3, -0.25) is 9.69 Å². The Morgan fingerprint density at radius 1 is 1.09 bits per heavy atom. The number of amides is 2. The standard InChI is InChI=1S/C26H46N2O6/c1-20-14-21-16-25(5,19-26(15-20,17-21)33-13-12-32-11-10-29)28(23(31)34-24(2,3)4)18-22(30)27-8-6-7-9-27/h20-21,29H,6-19H2,1-5H3/t20?,21?,25?,26-/m1/s1. The second-order valence-electron chi connectivity index (χ2n) is 12.0. The number of hydrogen-bond acceptors (Lipinski definition) is 6. The summed E-state index contributed by atoms with van der Waals surface area (Å²) in [6.45, 7) is 12.7. The molecule has 2 bridgehead atoms. The molecule has 34 heavy (non-hydrogen) atoms. The summed E-state index contributed by atoms with van der Waals surface area (Å²) in [4.78, 5) is 30.2. The molecule has 1 saturated heterocycles. The zero-order valence-electron chi connectivity index (χ0n) is 21.9. The average Bonchev–Trinajstić information content (AvgIpc) is 3.24. The van der Waals surface area contributed by atoms with Crippen LogP contribution in [0.5, 0.6) is 0 Å². The Labute approximate surface area is 205 Å². The van der Waals surface area contributed by atoms with Gasteiger partial charge in [-0.05, 0) is 84.5 Å². The zero-order chi connectivity index (χ0) is 25.0. The van der Waals surface area contributed by atoms with Crippen LogP contribution in [0.3, 0.4) is 0 Å². The number of rotatable bonds is 9. The Balaban J connectivity index is 1.82. The molecule has 1 N–H and O–H groups in total. The van der Waals surface area contributed by atoms with Crippen molar-refractivity contribution >= 4 is 12.0 Å². The second kappa shape index (κ2) is 11.1. The minimum absolute atomic E-state index is 0.000979. The zero-order valence-corrected chi connectivity index (χ0v) is 21.9. The summed E-state index contributed by atoms with van der Waals surface area (Å²) >= 11 is 0. The summed E-state index contributed by atoms with van der Waals surface area (Å²) < 4.78 is 17.8. The molecule has 1 aliphatic heterocycles. The van der Waals surface area contributed by atoms with E-state index in [1.807, 2.05) is 25.7 Å². The summed E-state index contributed by atoms with van der Waals surface area (Å²) in [6.07, 6.45) is 6.14. The molecule has 2 aliphatic carbocycles. The van der Waals surface area contributed by atoms with E-state index in [1.165, 1.54) is 0 Å². The third-order valence-corrected chi connectivity index (χ3v) is 7.44. The van der Waals surface area contributed by atoms with E-state index in [4.69, 9.17) is 19.3 Å². The van der Waals surface area contributed by atoms with Gasteiger partial charge in [0.2, 0.25) is 5.91 Å². The lowest BCUT2D eigenvalue weighted by atomic mass is 9.59. The molecule has 3 rings (SSSR count). The van der Waals surface area contributed by atoms with Crippen LogP contribution in [-0.2, 0) is 19.0 Å². The quantitative estimate of drug-likeness (QED) is 0.505. The molecular formula is C26H46N2O6. The van der Waals surface area contributed by atoms with Crippen LogP contribution in [0.2, 0.25) is 0 Å². The number of aliphatic hydroxyl groups excluding tert-OH is 1. The number of carbonyl (C=O) groups excluding carboxylic acids is 2. The molecule has 8 heteroatoms. The molecule has 3 aliphatic rings. The van der Waals surface area contributed by atoms with Crippen LogP contribution in [0.15, 0.2) is 0 Å². The fourth-order valence-corrected chi connectivity index (χ4v) is 6.52. The molecule has 4 atom stereocenters. The molecule has 0 aromatic carbocycles. The predicted molar refractivity (Wildman–Crippen MR) is 129 cm³/mol. The molecule has 3 fully saturated rings. The van der Waals surface area contributed by atoms with Gasteiger partial charge in [-0.1, -0.05) is 6.92 Å². The van der Waals surface area contributed by atoms with Gasteiger partial charge >= 0.3 is 6.09 Å². The Hall–Kier alpha value is -1.38. The van der Waals surface area contributed by atoms with Crippen molar-refractivity contribution in [1.82, 2.24) is 9.80 Å². The van der Waals surface area contributed by atoms with Gasteiger partial charge in [0.05, 0.1) is 32.0 Å². The first-order chi connectivity index (χ1) is 16.0. The minimum atomic E-state index is -0.639. The van der Waals surface area contributed by atoms with Crippen LogP contribution in [0.1, 0.15) is 79.6 Å². The minimum Gasteiger partial charge on any atom is -0.444 e. The van der Waals surface area contributed by atoms with Crippen LogP contribution in [0, 0.1) is 11.8 Å². The molecule has 1 heterocycles. The van der Waals surface area contributed by atoms with Crippen LogP contribution >= 0.6 is 0 Å². The van der Waals surface area contributed by atoms with Crippen molar-refractivity contribution in [1.29, 1.82) is 0 Å². The third-order valence-electron chi connectivity index (χ3n) is 7.44. The van der Waals surface area contributed by atoms with E-state index in [2.05, 4.69) is 13.8 Å². The summed E-state index contributed by atoms with van der Waals surface area (Å²) in [6, 6.07) is 0. The van der Waals surface area contributed by atoms with Crippen molar-refractivity contribution in [2.24, 2.45) is 11.8 Å². The maximum Gasteiger partial charge on any atom is 0.411 e. The monoisotopic (exact) mass is 482 g/mol. The van der Waals surface area contributed by atoms with Gasteiger partial charge in [-0.2, -0.15) is 0 Å². The lowest BCUT2D eigenvalue weighted by Gasteiger charge is -2.56. The molecule has 0 radical (unpaired) electrons. The van der Waals surface area contributed by atoms with E-state index in [0.717, 1.165) is 51.6 Å². The van der Waals surface area contributed by atoms with Crippen molar-refractivity contribution in [3.8, 4) is 0 Å². The largest absolute Gasteiger partial charge is 0.444 e. The number of likely N-dealkylation sites (tertiary alicyclic amines) is 1. The van der Waals surface area contributed by atoms with Gasteiger partial charge in [0.25, 0.3) is 0 Å². The second-order valence-corrected chi connectivity index (χ2v) is 12.0. The lowest BCUT2D eigenvalue weighted by molar-refractivity contribution is -0.165. The maximum absolute atomic E-state index is 13.5. The number of carbonyl (C=O) groups is 2. The first-order valence-electron chi connectivity index (χ1n) is 13.1. The molecule has 2 amide bonds. The highest BCUT2D eigenvalue weighted by molar-refractivity contribution is 5.83. The van der Waals surface area contributed by atoms with E-state index in [-0.39, 0.29) is 24.7 Å². The van der Waals surface area contributed by atoms with Crippen molar-refractivity contribution < 1.29 is 28.9 Å². The van der Waals surface area contributed by atoms with Gasteiger partial charge in [0.15, 0.2) is 0 Å². The van der Waals surface area contributed by atoms with Crippen molar-refractivity contribution in [3.05, 3.63) is 0 Å². The Morgan fingerprint density at radius 3 is 2.44 bits per heavy atom. The Bertz CT molecular complexity index is 700. The summed E-state index contributed by atoms with van der Waals surface area (Å²) in [5.41, 5.74) is -1.53. The van der Waals surface area contributed by atoms with Gasteiger partial charge < -0.3 is 24.2 Å². The van der Waals surface area contributed by atoms with Crippen LogP contribution in [0.25, 0.3) is 0 Å². The summed E-state index contributed by atoms with van der Waals surface area (Å²) in [7, 11) is 0. The van der Waals surface area contributed by atoms with Gasteiger partial charge in [0.1, 0.15) is 12.1 Å².